The molecule has 0 bridgehead atoms. The highest BCUT2D eigenvalue weighted by molar-refractivity contribution is 6.33. The van der Waals surface area contributed by atoms with Crippen LogP contribution in [0.25, 0.3) is 10.8 Å². The second kappa shape index (κ2) is 7.48. The molecule has 170 valence electrons. The fourth-order valence-corrected chi connectivity index (χ4v) is 6.34. The summed E-state index contributed by atoms with van der Waals surface area (Å²) in [7, 11) is 0. The standard InChI is InChI=1S/C26H27N3O4/c27-19-8-4-5-9-20(19)29-25(32)17-12-10-15-21-16(11-13-18(22(17)21)26(29)33)24(31)28(23(15)30)14-6-2-1-3-7-14/h10-14,19-20H,1-9,27H2/t19-,20-/m0/s1. The Hall–Kier alpha value is -3.06. The highest BCUT2D eigenvalue weighted by atomic mass is 16.2. The third-order valence-corrected chi connectivity index (χ3v) is 8.01. The number of carbonyl (C=O) groups excluding carboxylic acids is 4. The van der Waals surface area contributed by atoms with E-state index >= 15 is 0 Å². The molecule has 0 aromatic heterocycles. The van der Waals surface area contributed by atoms with Crippen LogP contribution < -0.4 is 5.73 Å². The van der Waals surface area contributed by atoms with Crippen LogP contribution in [0.2, 0.25) is 0 Å². The predicted molar refractivity (Wildman–Crippen MR) is 122 cm³/mol. The van der Waals surface area contributed by atoms with E-state index in [4.69, 9.17) is 5.73 Å². The van der Waals surface area contributed by atoms with Gasteiger partial charge in [-0.25, -0.2) is 0 Å². The molecule has 0 spiro atoms. The molecule has 2 aromatic rings. The molecule has 7 heteroatoms. The number of hydrogen-bond acceptors (Lipinski definition) is 5. The topological polar surface area (TPSA) is 101 Å². The van der Waals surface area contributed by atoms with Crippen LogP contribution in [0.4, 0.5) is 0 Å². The number of nitrogens with zero attached hydrogens (tertiary/aromatic N) is 2. The van der Waals surface area contributed by atoms with Crippen LogP contribution in [0.3, 0.4) is 0 Å². The van der Waals surface area contributed by atoms with Crippen molar-refractivity contribution in [2.75, 3.05) is 0 Å². The minimum atomic E-state index is -0.381. The van der Waals surface area contributed by atoms with Crippen molar-refractivity contribution in [1.29, 1.82) is 0 Å². The number of rotatable bonds is 2. The minimum Gasteiger partial charge on any atom is -0.326 e. The first-order valence-corrected chi connectivity index (χ1v) is 12.1. The number of amides is 4. The van der Waals surface area contributed by atoms with Crippen molar-refractivity contribution >= 4 is 34.4 Å². The Morgan fingerprint density at radius 2 is 1.00 bits per heavy atom. The van der Waals surface area contributed by atoms with Gasteiger partial charge in [0.1, 0.15) is 0 Å². The van der Waals surface area contributed by atoms with E-state index in [1.165, 1.54) is 9.80 Å². The van der Waals surface area contributed by atoms with Crippen LogP contribution in [-0.4, -0.2) is 51.6 Å². The van der Waals surface area contributed by atoms with Gasteiger partial charge >= 0.3 is 0 Å². The number of benzene rings is 2. The van der Waals surface area contributed by atoms with Crippen LogP contribution in [0.5, 0.6) is 0 Å². The third-order valence-electron chi connectivity index (χ3n) is 8.01. The van der Waals surface area contributed by atoms with Crippen molar-refractivity contribution in [2.24, 2.45) is 5.73 Å². The summed E-state index contributed by atoms with van der Waals surface area (Å²) in [6.07, 6.45) is 8.16. The van der Waals surface area contributed by atoms with Gasteiger partial charge in [-0.1, -0.05) is 32.1 Å². The van der Waals surface area contributed by atoms with Gasteiger partial charge in [-0.3, -0.25) is 29.0 Å². The maximum Gasteiger partial charge on any atom is 0.261 e. The predicted octanol–water partition coefficient (Wildman–Crippen LogP) is 3.63. The average molecular weight is 446 g/mol. The SMILES string of the molecule is N[C@H]1CCCC[C@@H]1N1C(=O)c2ccc3c4c(ccc(c24)C1=O)C(=O)N(C1CCCCC1)C3=O. The third kappa shape index (κ3) is 2.84. The summed E-state index contributed by atoms with van der Waals surface area (Å²) < 4.78 is 0. The zero-order valence-corrected chi connectivity index (χ0v) is 18.5. The summed E-state index contributed by atoms with van der Waals surface area (Å²) in [5.74, 6) is -1.40. The molecule has 4 amide bonds. The molecular weight excluding hydrogens is 418 g/mol. The monoisotopic (exact) mass is 445 g/mol. The minimum absolute atomic E-state index is 0.0965. The highest BCUT2D eigenvalue weighted by Gasteiger charge is 2.44. The molecule has 33 heavy (non-hydrogen) atoms. The molecule has 2 aromatic carbocycles. The Morgan fingerprint density at radius 3 is 1.48 bits per heavy atom. The molecule has 2 fully saturated rings. The normalized spacial score (nSPS) is 25.8. The first kappa shape index (κ1) is 20.5. The van der Waals surface area contributed by atoms with Gasteiger partial charge < -0.3 is 5.73 Å². The van der Waals surface area contributed by atoms with E-state index in [1.807, 2.05) is 0 Å². The van der Waals surface area contributed by atoms with Crippen molar-refractivity contribution in [3.8, 4) is 0 Å². The first-order valence-electron chi connectivity index (χ1n) is 12.1. The Morgan fingerprint density at radius 1 is 0.576 bits per heavy atom. The van der Waals surface area contributed by atoms with Crippen molar-refractivity contribution in [2.45, 2.75) is 75.9 Å². The van der Waals surface area contributed by atoms with Gasteiger partial charge in [-0.15, -0.1) is 0 Å². The number of hydrogen-bond donors (Lipinski definition) is 1. The van der Waals surface area contributed by atoms with Gasteiger partial charge in [-0.05, 0) is 49.9 Å². The Bertz CT molecular complexity index is 1160. The Kier molecular flexibility index (Phi) is 4.66. The molecule has 2 saturated carbocycles. The molecule has 2 N–H and O–H groups in total. The van der Waals surface area contributed by atoms with E-state index in [9.17, 15) is 19.2 Å². The Balaban J connectivity index is 1.49. The van der Waals surface area contributed by atoms with Crippen molar-refractivity contribution < 1.29 is 19.2 Å². The van der Waals surface area contributed by atoms with Crippen molar-refractivity contribution in [1.82, 2.24) is 9.80 Å². The zero-order chi connectivity index (χ0) is 22.9. The van der Waals surface area contributed by atoms with E-state index in [-0.39, 0.29) is 41.8 Å². The number of imide groups is 2. The van der Waals surface area contributed by atoms with E-state index in [1.54, 1.807) is 24.3 Å². The van der Waals surface area contributed by atoms with Gasteiger partial charge in [-0.2, -0.15) is 0 Å². The molecule has 2 atom stereocenters. The summed E-state index contributed by atoms with van der Waals surface area (Å²) in [5.41, 5.74) is 7.86. The first-order chi connectivity index (χ1) is 16.0. The highest BCUT2D eigenvalue weighted by Crippen LogP contribution is 2.40. The molecule has 0 saturated heterocycles. The second-order valence-corrected chi connectivity index (χ2v) is 9.84. The summed E-state index contributed by atoms with van der Waals surface area (Å²) in [4.78, 5) is 56.7. The van der Waals surface area contributed by atoms with Crippen LogP contribution in [0.1, 0.15) is 99.2 Å². The van der Waals surface area contributed by atoms with Gasteiger partial charge in [0.2, 0.25) is 0 Å². The van der Waals surface area contributed by atoms with Crippen LogP contribution in [-0.2, 0) is 0 Å². The molecule has 2 heterocycles. The second-order valence-electron chi connectivity index (χ2n) is 9.84. The van der Waals surface area contributed by atoms with Gasteiger partial charge in [0, 0.05) is 45.1 Å². The van der Waals surface area contributed by atoms with Gasteiger partial charge in [0.05, 0.1) is 6.04 Å². The molecule has 6 rings (SSSR count). The van der Waals surface area contributed by atoms with E-state index in [0.29, 0.717) is 39.4 Å². The summed E-state index contributed by atoms with van der Waals surface area (Å²) >= 11 is 0. The molecule has 0 unspecified atom stereocenters. The number of carbonyl (C=O) groups is 4. The fraction of sp³-hybridized carbons (Fsp3) is 0.462. The van der Waals surface area contributed by atoms with Crippen molar-refractivity contribution in [3.63, 3.8) is 0 Å². The van der Waals surface area contributed by atoms with E-state index < -0.39 is 0 Å². The molecule has 2 aliphatic heterocycles. The lowest BCUT2D eigenvalue weighted by molar-refractivity contribution is 0.0467. The molecule has 7 nitrogen and oxygen atoms in total. The number of nitrogens with two attached hydrogens (primary N) is 1. The fourth-order valence-electron chi connectivity index (χ4n) is 6.34. The lowest BCUT2D eigenvalue weighted by Gasteiger charge is -2.40. The zero-order valence-electron chi connectivity index (χ0n) is 18.5. The largest absolute Gasteiger partial charge is 0.326 e. The van der Waals surface area contributed by atoms with E-state index in [0.717, 1.165) is 51.4 Å². The molecule has 0 radical (unpaired) electrons. The smallest absolute Gasteiger partial charge is 0.261 e. The van der Waals surface area contributed by atoms with Gasteiger partial charge in [0.25, 0.3) is 23.6 Å². The maximum absolute atomic E-state index is 13.5. The molecular formula is C26H27N3O4. The summed E-state index contributed by atoms with van der Waals surface area (Å²) in [5, 5.41) is 0.881. The van der Waals surface area contributed by atoms with Crippen LogP contribution >= 0.6 is 0 Å². The quantitative estimate of drug-likeness (QED) is 0.712. The Labute approximate surface area is 191 Å². The lowest BCUT2D eigenvalue weighted by Crippen LogP contribution is -2.55. The van der Waals surface area contributed by atoms with Crippen molar-refractivity contribution in [3.05, 3.63) is 46.5 Å². The molecule has 2 aliphatic carbocycles. The average Bonchev–Trinajstić information content (AvgIpc) is 2.83. The van der Waals surface area contributed by atoms with Gasteiger partial charge in [0.15, 0.2) is 0 Å². The van der Waals surface area contributed by atoms with E-state index in [2.05, 4.69) is 0 Å². The lowest BCUT2D eigenvalue weighted by atomic mass is 9.82. The summed E-state index contributed by atoms with van der Waals surface area (Å²) in [6.45, 7) is 0. The molecule has 4 aliphatic rings. The van der Waals surface area contributed by atoms with Crippen LogP contribution in [0, 0.1) is 0 Å². The summed E-state index contributed by atoms with van der Waals surface area (Å²) in [6, 6.07) is 5.93. The van der Waals surface area contributed by atoms with Crippen LogP contribution in [0.15, 0.2) is 24.3 Å². The maximum atomic E-state index is 13.5.